The fourth-order valence-electron chi connectivity index (χ4n) is 2.44. The van der Waals surface area contributed by atoms with Crippen LogP contribution in [0.2, 0.25) is 0 Å². The van der Waals surface area contributed by atoms with E-state index in [4.69, 9.17) is 0 Å². The van der Waals surface area contributed by atoms with Crippen LogP contribution in [-0.2, 0) is 10.0 Å². The number of sulfonamides is 1. The molecule has 21 heavy (non-hydrogen) atoms. The average Bonchev–Trinajstić information content (AvgIpc) is 2.96. The third kappa shape index (κ3) is 3.71. The maximum absolute atomic E-state index is 12.6. The summed E-state index contributed by atoms with van der Waals surface area (Å²) in [4.78, 5) is 8.33. The fraction of sp³-hybridized carbons (Fsp3) is 0.714. The summed E-state index contributed by atoms with van der Waals surface area (Å²) in [5.74, 6) is 1.41. The van der Waals surface area contributed by atoms with Gasteiger partial charge in [0.1, 0.15) is 4.90 Å². The Balaban J connectivity index is 2.09. The lowest BCUT2D eigenvalue weighted by Gasteiger charge is -2.17. The molecule has 2 heterocycles. The van der Waals surface area contributed by atoms with E-state index < -0.39 is 10.0 Å². The molecule has 1 aliphatic rings. The molecule has 0 aliphatic carbocycles. The maximum Gasteiger partial charge on any atom is 0.246 e. The third-order valence-corrected chi connectivity index (χ3v) is 5.75. The predicted molar refractivity (Wildman–Crippen MR) is 82.5 cm³/mol. The van der Waals surface area contributed by atoms with Gasteiger partial charge in [-0.05, 0) is 24.7 Å². The third-order valence-electron chi connectivity index (χ3n) is 3.93. The molecule has 1 fully saturated rings. The van der Waals surface area contributed by atoms with E-state index in [9.17, 15) is 8.42 Å². The van der Waals surface area contributed by atoms with Crippen molar-refractivity contribution in [1.82, 2.24) is 14.3 Å². The van der Waals surface area contributed by atoms with E-state index in [0.717, 1.165) is 19.4 Å². The highest BCUT2D eigenvalue weighted by Gasteiger charge is 2.34. The van der Waals surface area contributed by atoms with Gasteiger partial charge in [-0.15, -0.1) is 0 Å². The topological polar surface area (TPSA) is 75.2 Å². The molecule has 1 aromatic heterocycles. The lowest BCUT2D eigenvalue weighted by molar-refractivity contribution is 0.388. The van der Waals surface area contributed by atoms with Crippen molar-refractivity contribution in [2.75, 3.05) is 25.0 Å². The van der Waals surface area contributed by atoms with Crippen LogP contribution in [0.4, 0.5) is 5.95 Å². The summed E-state index contributed by atoms with van der Waals surface area (Å²) in [5, 5.41) is 3.03. The molecule has 1 unspecified atom stereocenters. The van der Waals surface area contributed by atoms with Crippen molar-refractivity contribution in [3.8, 4) is 0 Å². The quantitative estimate of drug-likeness (QED) is 0.869. The van der Waals surface area contributed by atoms with Gasteiger partial charge >= 0.3 is 0 Å². The Morgan fingerprint density at radius 2 is 2.05 bits per heavy atom. The lowest BCUT2D eigenvalue weighted by atomic mass is 9.96. The van der Waals surface area contributed by atoms with Crippen molar-refractivity contribution >= 4 is 16.0 Å². The van der Waals surface area contributed by atoms with Crippen molar-refractivity contribution in [3.05, 3.63) is 12.4 Å². The zero-order chi connectivity index (χ0) is 15.5. The number of anilines is 1. The molecule has 0 aromatic carbocycles. The molecular weight excluding hydrogens is 288 g/mol. The number of aromatic nitrogens is 2. The maximum atomic E-state index is 12.6. The Hall–Kier alpha value is -1.21. The Labute approximate surface area is 127 Å². The van der Waals surface area contributed by atoms with Gasteiger partial charge in [-0.2, -0.15) is 4.31 Å². The Morgan fingerprint density at radius 3 is 2.57 bits per heavy atom. The van der Waals surface area contributed by atoms with Crippen molar-refractivity contribution in [2.24, 2.45) is 11.8 Å². The molecule has 2 rings (SSSR count). The molecule has 0 saturated carbocycles. The van der Waals surface area contributed by atoms with Gasteiger partial charge in [-0.1, -0.05) is 20.8 Å². The summed E-state index contributed by atoms with van der Waals surface area (Å²) < 4.78 is 26.7. The smallest absolute Gasteiger partial charge is 0.246 e. The van der Waals surface area contributed by atoms with Crippen LogP contribution in [-0.4, -0.2) is 42.3 Å². The molecule has 6 nitrogen and oxygen atoms in total. The van der Waals surface area contributed by atoms with Crippen LogP contribution in [0.5, 0.6) is 0 Å². The standard InChI is InChI=1S/C14H24N4O2S/c1-4-6-15-14-16-8-13(9-17-14)21(19,20)18-7-5-12(10-18)11(2)3/h8-9,11-12H,4-7,10H2,1-3H3,(H,15,16,17). The zero-order valence-corrected chi connectivity index (χ0v) is 13.7. The number of rotatable bonds is 6. The van der Waals surface area contributed by atoms with Gasteiger partial charge in [0.2, 0.25) is 16.0 Å². The molecule has 1 aromatic rings. The summed E-state index contributed by atoms with van der Waals surface area (Å²) in [5.41, 5.74) is 0. The molecule has 1 atom stereocenters. The SMILES string of the molecule is CCCNc1ncc(S(=O)(=O)N2CCC(C(C)C)C2)cn1. The second-order valence-corrected chi connectivity index (χ2v) is 7.76. The second kappa shape index (κ2) is 6.70. The van der Waals surface area contributed by atoms with Crippen molar-refractivity contribution < 1.29 is 8.42 Å². The lowest BCUT2D eigenvalue weighted by Crippen LogP contribution is -2.29. The van der Waals surface area contributed by atoms with E-state index in [2.05, 4.69) is 29.1 Å². The van der Waals surface area contributed by atoms with Crippen molar-refractivity contribution in [3.63, 3.8) is 0 Å². The summed E-state index contributed by atoms with van der Waals surface area (Å²) >= 11 is 0. The Bertz CT molecular complexity index is 557. The Kier molecular flexibility index (Phi) is 5.16. The van der Waals surface area contributed by atoms with Gasteiger partial charge in [0, 0.05) is 19.6 Å². The Morgan fingerprint density at radius 1 is 1.38 bits per heavy atom. The summed E-state index contributed by atoms with van der Waals surface area (Å²) in [6.45, 7) is 8.27. The first kappa shape index (κ1) is 16.2. The molecule has 0 bridgehead atoms. The molecule has 1 saturated heterocycles. The van der Waals surface area contributed by atoms with Crippen LogP contribution in [0.1, 0.15) is 33.6 Å². The predicted octanol–water partition coefficient (Wildman–Crippen LogP) is 1.97. The zero-order valence-electron chi connectivity index (χ0n) is 12.9. The van der Waals surface area contributed by atoms with Crippen LogP contribution < -0.4 is 5.32 Å². The minimum Gasteiger partial charge on any atom is -0.354 e. The van der Waals surface area contributed by atoms with Gasteiger partial charge in [-0.3, -0.25) is 0 Å². The van der Waals surface area contributed by atoms with Gasteiger partial charge in [0.15, 0.2) is 0 Å². The minimum atomic E-state index is -3.46. The minimum absolute atomic E-state index is 0.175. The second-order valence-electron chi connectivity index (χ2n) is 5.82. The number of nitrogens with zero attached hydrogens (tertiary/aromatic N) is 3. The van der Waals surface area contributed by atoms with Crippen molar-refractivity contribution in [2.45, 2.75) is 38.5 Å². The summed E-state index contributed by atoms with van der Waals surface area (Å²) in [7, 11) is -3.46. The normalized spacial score (nSPS) is 20.1. The first-order chi connectivity index (χ1) is 9.95. The molecule has 0 amide bonds. The monoisotopic (exact) mass is 312 g/mol. The van der Waals surface area contributed by atoms with Crippen LogP contribution >= 0.6 is 0 Å². The first-order valence-electron chi connectivity index (χ1n) is 7.51. The highest BCUT2D eigenvalue weighted by Crippen LogP contribution is 2.28. The largest absolute Gasteiger partial charge is 0.354 e. The van der Waals surface area contributed by atoms with Crippen LogP contribution in [0.25, 0.3) is 0 Å². The molecule has 1 aliphatic heterocycles. The summed E-state index contributed by atoms with van der Waals surface area (Å²) in [6.07, 6.45) is 4.67. The van der Waals surface area contributed by atoms with Gasteiger partial charge in [0.25, 0.3) is 0 Å². The van der Waals surface area contributed by atoms with Crippen LogP contribution in [0.15, 0.2) is 17.3 Å². The average molecular weight is 312 g/mol. The van der Waals surface area contributed by atoms with E-state index in [1.54, 1.807) is 4.31 Å². The van der Waals surface area contributed by atoms with E-state index in [1.165, 1.54) is 12.4 Å². The number of hydrogen-bond donors (Lipinski definition) is 1. The van der Waals surface area contributed by atoms with E-state index in [0.29, 0.717) is 30.9 Å². The summed E-state index contributed by atoms with van der Waals surface area (Å²) in [6, 6.07) is 0. The number of hydrogen-bond acceptors (Lipinski definition) is 5. The van der Waals surface area contributed by atoms with Gasteiger partial charge < -0.3 is 5.32 Å². The molecule has 1 N–H and O–H groups in total. The van der Waals surface area contributed by atoms with Gasteiger partial charge in [0.05, 0.1) is 12.4 Å². The fourth-order valence-corrected chi connectivity index (χ4v) is 3.85. The molecule has 0 radical (unpaired) electrons. The molecular formula is C14H24N4O2S. The van der Waals surface area contributed by atoms with Crippen molar-refractivity contribution in [1.29, 1.82) is 0 Å². The molecule has 7 heteroatoms. The highest BCUT2D eigenvalue weighted by atomic mass is 32.2. The van der Waals surface area contributed by atoms with Crippen LogP contribution in [0.3, 0.4) is 0 Å². The first-order valence-corrected chi connectivity index (χ1v) is 8.95. The number of nitrogens with one attached hydrogen (secondary N) is 1. The highest BCUT2D eigenvalue weighted by molar-refractivity contribution is 7.89. The van der Waals surface area contributed by atoms with E-state index in [-0.39, 0.29) is 4.90 Å². The van der Waals surface area contributed by atoms with Gasteiger partial charge in [-0.25, -0.2) is 18.4 Å². The molecule has 0 spiro atoms. The molecule has 118 valence electrons. The van der Waals surface area contributed by atoms with E-state index >= 15 is 0 Å². The van der Waals surface area contributed by atoms with Crippen LogP contribution in [0, 0.1) is 11.8 Å². The van der Waals surface area contributed by atoms with E-state index in [1.807, 2.05) is 6.92 Å².